The van der Waals surface area contributed by atoms with Crippen LogP contribution in [0.25, 0.3) is 22.0 Å². The van der Waals surface area contributed by atoms with Crippen LogP contribution in [0.15, 0.2) is 72.8 Å². The first kappa shape index (κ1) is 31.1. The van der Waals surface area contributed by atoms with Crippen molar-refractivity contribution < 1.29 is 24.2 Å². The number of nitrogens with one attached hydrogen (secondary N) is 1. The Morgan fingerprint density at radius 3 is 2.55 bits per heavy atom. The third-order valence-corrected chi connectivity index (χ3v) is 8.63. The monoisotopic (exact) mass is 598 g/mol. The Kier molecular flexibility index (Phi) is 9.56. The van der Waals surface area contributed by atoms with Crippen LogP contribution >= 0.6 is 0 Å². The molecule has 9 nitrogen and oxygen atoms in total. The van der Waals surface area contributed by atoms with E-state index in [-0.39, 0.29) is 30.6 Å². The molecule has 2 heterocycles. The fourth-order valence-corrected chi connectivity index (χ4v) is 5.93. The van der Waals surface area contributed by atoms with Crippen LogP contribution in [0.2, 0.25) is 0 Å². The van der Waals surface area contributed by atoms with Gasteiger partial charge >= 0.3 is 6.03 Å². The van der Waals surface area contributed by atoms with Gasteiger partial charge in [0.1, 0.15) is 11.4 Å². The summed E-state index contributed by atoms with van der Waals surface area (Å²) in [5.74, 6) is 0.470. The number of carbonyl (C=O) groups is 2. The van der Waals surface area contributed by atoms with Gasteiger partial charge in [0.05, 0.1) is 32.5 Å². The van der Waals surface area contributed by atoms with Gasteiger partial charge in [0.15, 0.2) is 0 Å². The lowest BCUT2D eigenvalue weighted by molar-refractivity contribution is -0.0185. The minimum atomic E-state index is -0.419. The van der Waals surface area contributed by atoms with Crippen LogP contribution in [0.1, 0.15) is 35.5 Å². The summed E-state index contributed by atoms with van der Waals surface area (Å²) in [6, 6.07) is 23.0. The summed E-state index contributed by atoms with van der Waals surface area (Å²) in [5, 5.41) is 14.2. The van der Waals surface area contributed by atoms with Crippen molar-refractivity contribution in [2.75, 3.05) is 33.9 Å². The van der Waals surface area contributed by atoms with Gasteiger partial charge in [0.25, 0.3) is 5.91 Å². The van der Waals surface area contributed by atoms with Crippen molar-refractivity contribution in [2.24, 2.45) is 13.0 Å². The van der Waals surface area contributed by atoms with E-state index >= 15 is 0 Å². The summed E-state index contributed by atoms with van der Waals surface area (Å²) in [5.41, 5.74) is 5.27. The smallest absolute Gasteiger partial charge is 0.317 e. The van der Waals surface area contributed by atoms with Crippen molar-refractivity contribution in [3.8, 4) is 16.9 Å². The van der Waals surface area contributed by atoms with E-state index in [1.54, 1.807) is 24.0 Å². The molecule has 1 aromatic heterocycles. The minimum Gasteiger partial charge on any atom is -0.497 e. The third-order valence-electron chi connectivity index (χ3n) is 8.63. The van der Waals surface area contributed by atoms with Crippen molar-refractivity contribution in [2.45, 2.75) is 39.1 Å². The van der Waals surface area contributed by atoms with E-state index < -0.39 is 6.04 Å². The second-order valence-electron chi connectivity index (χ2n) is 11.7. The highest BCUT2D eigenvalue weighted by Crippen LogP contribution is 2.38. The zero-order valence-corrected chi connectivity index (χ0v) is 26.1. The first-order chi connectivity index (χ1) is 21.2. The fourth-order valence-electron chi connectivity index (χ4n) is 5.93. The molecule has 1 aliphatic rings. The number of carbonyl (C=O) groups excluding carboxylic acids is 2. The first-order valence-corrected chi connectivity index (χ1v) is 15.0. The number of fused-ring (bicyclic) bond motifs is 5. The SMILES string of the molecule is COc1ccc(CNC(=O)N(C)C[C@H]2OCc3ccccc3-c3c(n(C)c4ccccc34)C(=O)N([C@@H](C)CO)C[C@H]2C)cc1. The Morgan fingerprint density at radius 2 is 1.82 bits per heavy atom. The lowest BCUT2D eigenvalue weighted by Gasteiger charge is -2.35. The van der Waals surface area contributed by atoms with Gasteiger partial charge in [-0.3, -0.25) is 4.79 Å². The van der Waals surface area contributed by atoms with Gasteiger partial charge in [-0.05, 0) is 41.8 Å². The highest BCUT2D eigenvalue weighted by Gasteiger charge is 2.34. The largest absolute Gasteiger partial charge is 0.497 e. The Bertz CT molecular complexity index is 1620. The number of likely N-dealkylation sites (N-methyl/N-ethyl adjacent to an activating group) is 1. The molecule has 0 aliphatic carbocycles. The van der Waals surface area contributed by atoms with Crippen LogP contribution in [-0.4, -0.2) is 77.4 Å². The Labute approximate surface area is 259 Å². The van der Waals surface area contributed by atoms with Crippen LogP contribution in [0.5, 0.6) is 5.75 Å². The van der Waals surface area contributed by atoms with Crippen LogP contribution in [0.3, 0.4) is 0 Å². The number of aliphatic hydroxyl groups is 1. The second kappa shape index (κ2) is 13.5. The van der Waals surface area contributed by atoms with Crippen LogP contribution in [0.4, 0.5) is 4.79 Å². The molecule has 2 N–H and O–H groups in total. The van der Waals surface area contributed by atoms with Gasteiger partial charge in [-0.2, -0.15) is 0 Å². The van der Waals surface area contributed by atoms with Crippen LogP contribution < -0.4 is 10.1 Å². The lowest BCUT2D eigenvalue weighted by atomic mass is 9.96. The van der Waals surface area contributed by atoms with Gasteiger partial charge in [-0.15, -0.1) is 0 Å². The number of aliphatic hydroxyl groups excluding tert-OH is 1. The summed E-state index contributed by atoms with van der Waals surface area (Å²) in [6.45, 7) is 5.09. The summed E-state index contributed by atoms with van der Waals surface area (Å²) in [4.78, 5) is 31.0. The molecule has 9 heteroatoms. The number of urea groups is 1. The number of para-hydroxylation sites is 1. The molecule has 0 saturated carbocycles. The normalized spacial score (nSPS) is 17.8. The zero-order chi connectivity index (χ0) is 31.4. The first-order valence-electron chi connectivity index (χ1n) is 15.0. The molecule has 5 rings (SSSR count). The van der Waals surface area contributed by atoms with E-state index in [9.17, 15) is 14.7 Å². The summed E-state index contributed by atoms with van der Waals surface area (Å²) in [6.07, 6.45) is -0.376. The summed E-state index contributed by atoms with van der Waals surface area (Å²) in [7, 11) is 5.29. The number of hydrogen-bond acceptors (Lipinski definition) is 5. The summed E-state index contributed by atoms with van der Waals surface area (Å²) >= 11 is 0. The molecule has 0 saturated heterocycles. The Balaban J connectivity index is 1.46. The second-order valence-corrected chi connectivity index (χ2v) is 11.7. The minimum absolute atomic E-state index is 0.145. The molecule has 0 spiro atoms. The summed E-state index contributed by atoms with van der Waals surface area (Å²) < 4.78 is 13.8. The third kappa shape index (κ3) is 6.30. The van der Waals surface area contributed by atoms with Gasteiger partial charge in [0.2, 0.25) is 0 Å². The van der Waals surface area contributed by atoms with E-state index in [0.717, 1.165) is 38.9 Å². The standard InChI is InChI=1S/C35H42N4O5/c1-23-19-39(24(2)21-40)34(41)33-32(29-12-8-9-13-30(29)38(33)4)28-11-7-6-10-26(28)22-44-31(23)20-37(3)35(42)36-18-25-14-16-27(43-5)17-15-25/h6-17,23-24,31,40H,18-22H2,1-5H3,(H,36,42)/t23-,24+,31-/m1/s1. The quantitative estimate of drug-likeness (QED) is 0.310. The molecular formula is C35H42N4O5. The molecule has 44 heavy (non-hydrogen) atoms. The van der Waals surface area contributed by atoms with E-state index in [1.165, 1.54) is 0 Å². The number of benzene rings is 3. The number of methoxy groups -OCH3 is 1. The molecule has 4 aromatic rings. The number of ether oxygens (including phenoxy) is 2. The predicted octanol–water partition coefficient (Wildman–Crippen LogP) is 5.05. The van der Waals surface area contributed by atoms with Crippen molar-refractivity contribution in [3.63, 3.8) is 0 Å². The molecule has 3 amide bonds. The highest BCUT2D eigenvalue weighted by atomic mass is 16.5. The van der Waals surface area contributed by atoms with Crippen molar-refractivity contribution in [1.29, 1.82) is 0 Å². The zero-order valence-electron chi connectivity index (χ0n) is 26.1. The molecule has 0 radical (unpaired) electrons. The molecule has 232 valence electrons. The number of nitrogens with zero attached hydrogens (tertiary/aromatic N) is 3. The van der Waals surface area contributed by atoms with Crippen molar-refractivity contribution in [1.82, 2.24) is 19.7 Å². The molecule has 1 aliphatic heterocycles. The van der Waals surface area contributed by atoms with Gasteiger partial charge in [-0.25, -0.2) is 4.79 Å². The number of aromatic nitrogens is 1. The van der Waals surface area contributed by atoms with Crippen molar-refractivity contribution >= 4 is 22.8 Å². The predicted molar refractivity (Wildman–Crippen MR) is 172 cm³/mol. The van der Waals surface area contributed by atoms with Crippen molar-refractivity contribution in [3.05, 3.63) is 89.6 Å². The van der Waals surface area contributed by atoms with E-state index in [0.29, 0.717) is 31.9 Å². The maximum atomic E-state index is 14.5. The topological polar surface area (TPSA) is 96.3 Å². The number of aryl methyl sites for hydroxylation is 1. The molecule has 0 unspecified atom stereocenters. The number of hydrogen-bond donors (Lipinski definition) is 2. The van der Waals surface area contributed by atoms with Gasteiger partial charge in [0, 0.05) is 56.1 Å². The molecule has 0 bridgehead atoms. The number of rotatable bonds is 7. The maximum Gasteiger partial charge on any atom is 0.317 e. The van der Waals surface area contributed by atoms with E-state index in [1.807, 2.05) is 98.3 Å². The molecule has 0 fully saturated rings. The Morgan fingerprint density at radius 1 is 1.11 bits per heavy atom. The molecular weight excluding hydrogens is 556 g/mol. The van der Waals surface area contributed by atoms with E-state index in [4.69, 9.17) is 9.47 Å². The Hall–Kier alpha value is -4.34. The van der Waals surface area contributed by atoms with Crippen LogP contribution in [0, 0.1) is 5.92 Å². The maximum absolute atomic E-state index is 14.5. The lowest BCUT2D eigenvalue weighted by Crippen LogP contribution is -2.49. The molecule has 3 atom stereocenters. The van der Waals surface area contributed by atoms with Gasteiger partial charge < -0.3 is 34.3 Å². The average molecular weight is 599 g/mol. The fraction of sp³-hybridized carbons (Fsp3) is 0.371. The van der Waals surface area contributed by atoms with Crippen LogP contribution in [-0.2, 0) is 24.9 Å². The number of amides is 3. The molecule has 3 aromatic carbocycles. The highest BCUT2D eigenvalue weighted by molar-refractivity contribution is 6.10. The van der Waals surface area contributed by atoms with E-state index in [2.05, 4.69) is 5.32 Å². The van der Waals surface area contributed by atoms with Gasteiger partial charge in [-0.1, -0.05) is 61.5 Å². The average Bonchev–Trinajstić information content (AvgIpc) is 3.34.